The minimum atomic E-state index is 0.329. The summed E-state index contributed by atoms with van der Waals surface area (Å²) in [6.07, 6.45) is 0. The lowest BCUT2D eigenvalue weighted by atomic mass is 10.0. The normalized spacial score (nSPS) is 10.5. The predicted molar refractivity (Wildman–Crippen MR) is 95.3 cm³/mol. The molecule has 24 heavy (non-hydrogen) atoms. The van der Waals surface area contributed by atoms with E-state index in [1.807, 2.05) is 49.3 Å². The molecule has 0 atom stereocenters. The number of nitriles is 1. The molecular formula is C19H19N5. The van der Waals surface area contributed by atoms with Gasteiger partial charge in [0.15, 0.2) is 5.69 Å². The minimum Gasteiger partial charge on any atom is -0.378 e. The Morgan fingerprint density at radius 1 is 1.00 bits per heavy atom. The highest BCUT2D eigenvalue weighted by Crippen LogP contribution is 2.27. The van der Waals surface area contributed by atoms with Crippen molar-refractivity contribution in [3.63, 3.8) is 0 Å². The van der Waals surface area contributed by atoms with Gasteiger partial charge in [0.05, 0.1) is 5.69 Å². The van der Waals surface area contributed by atoms with E-state index < -0.39 is 0 Å². The Kier molecular flexibility index (Phi) is 4.05. The third kappa shape index (κ3) is 2.74. The summed E-state index contributed by atoms with van der Waals surface area (Å²) in [4.78, 5) is 2.04. The highest BCUT2D eigenvalue weighted by atomic mass is 15.4. The van der Waals surface area contributed by atoms with Crippen LogP contribution < -0.4 is 4.90 Å². The van der Waals surface area contributed by atoms with Gasteiger partial charge < -0.3 is 4.90 Å². The average molecular weight is 317 g/mol. The summed E-state index contributed by atoms with van der Waals surface area (Å²) in [6, 6.07) is 16.3. The van der Waals surface area contributed by atoms with Crippen molar-refractivity contribution >= 4 is 5.69 Å². The number of benzene rings is 2. The van der Waals surface area contributed by atoms with Crippen LogP contribution >= 0.6 is 0 Å². The van der Waals surface area contributed by atoms with Crippen molar-refractivity contribution in [1.82, 2.24) is 15.0 Å². The van der Waals surface area contributed by atoms with Gasteiger partial charge in [-0.15, -0.1) is 5.10 Å². The van der Waals surface area contributed by atoms with Gasteiger partial charge >= 0.3 is 0 Å². The molecule has 0 radical (unpaired) electrons. The summed E-state index contributed by atoms with van der Waals surface area (Å²) in [7, 11) is 4.00. The molecule has 0 unspecified atom stereocenters. The molecule has 0 spiro atoms. The molecule has 1 aromatic heterocycles. The Morgan fingerprint density at radius 2 is 1.71 bits per heavy atom. The van der Waals surface area contributed by atoms with Crippen LogP contribution in [0.1, 0.15) is 16.8 Å². The first-order valence-electron chi connectivity index (χ1n) is 7.72. The topological polar surface area (TPSA) is 57.7 Å². The highest BCUT2D eigenvalue weighted by molar-refractivity contribution is 5.68. The standard InChI is InChI=1S/C19H19N5/c1-13-5-6-15(11-14(13)2)19-18(12-20)21-22-24(19)17-9-7-16(8-10-17)23(3)4/h5-11H,1-4H3. The lowest BCUT2D eigenvalue weighted by molar-refractivity contribution is 0.806. The van der Waals surface area contributed by atoms with Crippen molar-refractivity contribution < 1.29 is 0 Å². The van der Waals surface area contributed by atoms with Crippen LogP contribution in [0.3, 0.4) is 0 Å². The summed E-state index contributed by atoms with van der Waals surface area (Å²) in [6.45, 7) is 4.13. The molecule has 0 aliphatic heterocycles. The molecule has 0 fully saturated rings. The number of aryl methyl sites for hydroxylation is 2. The maximum atomic E-state index is 9.41. The van der Waals surface area contributed by atoms with Gasteiger partial charge in [0.25, 0.3) is 0 Å². The van der Waals surface area contributed by atoms with Crippen molar-refractivity contribution in [3.8, 4) is 23.0 Å². The highest BCUT2D eigenvalue weighted by Gasteiger charge is 2.16. The Balaban J connectivity index is 2.14. The number of hydrogen-bond donors (Lipinski definition) is 0. The molecular weight excluding hydrogens is 298 g/mol. The Hall–Kier alpha value is -3.13. The van der Waals surface area contributed by atoms with Gasteiger partial charge in [0.2, 0.25) is 0 Å². The summed E-state index contributed by atoms with van der Waals surface area (Å²) >= 11 is 0. The summed E-state index contributed by atoms with van der Waals surface area (Å²) in [5.74, 6) is 0. The van der Waals surface area contributed by atoms with Crippen LogP contribution in [-0.2, 0) is 0 Å². The summed E-state index contributed by atoms with van der Waals surface area (Å²) in [5.41, 5.74) is 6.36. The molecule has 5 heteroatoms. The van der Waals surface area contributed by atoms with Crippen LogP contribution in [0.5, 0.6) is 0 Å². The van der Waals surface area contributed by atoms with Crippen molar-refractivity contribution in [2.45, 2.75) is 13.8 Å². The maximum absolute atomic E-state index is 9.41. The van der Waals surface area contributed by atoms with Crippen LogP contribution in [0, 0.1) is 25.2 Å². The smallest absolute Gasteiger partial charge is 0.191 e. The fourth-order valence-corrected chi connectivity index (χ4v) is 2.58. The Labute approximate surface area is 141 Å². The first-order valence-corrected chi connectivity index (χ1v) is 7.72. The zero-order valence-corrected chi connectivity index (χ0v) is 14.3. The SMILES string of the molecule is Cc1ccc(-c2c(C#N)nnn2-c2ccc(N(C)C)cc2)cc1C. The number of aromatic nitrogens is 3. The van der Waals surface area contributed by atoms with Crippen molar-refractivity contribution in [1.29, 1.82) is 5.26 Å². The van der Waals surface area contributed by atoms with E-state index in [1.54, 1.807) is 4.68 Å². The molecule has 1 heterocycles. The zero-order chi connectivity index (χ0) is 17.3. The second kappa shape index (κ2) is 6.17. The molecule has 3 rings (SSSR count). The quantitative estimate of drug-likeness (QED) is 0.742. The third-order valence-electron chi connectivity index (χ3n) is 4.17. The number of anilines is 1. The summed E-state index contributed by atoms with van der Waals surface area (Å²) in [5, 5.41) is 17.6. The monoisotopic (exact) mass is 317 g/mol. The van der Waals surface area contributed by atoms with Gasteiger partial charge in [-0.2, -0.15) is 5.26 Å². The van der Waals surface area contributed by atoms with Crippen LogP contribution in [-0.4, -0.2) is 29.1 Å². The van der Waals surface area contributed by atoms with Crippen molar-refractivity contribution in [2.75, 3.05) is 19.0 Å². The molecule has 0 aliphatic carbocycles. The second-order valence-electron chi connectivity index (χ2n) is 6.02. The first-order chi connectivity index (χ1) is 11.5. The van der Waals surface area contributed by atoms with Gasteiger partial charge in [0, 0.05) is 25.3 Å². The van der Waals surface area contributed by atoms with Crippen LogP contribution in [0.25, 0.3) is 16.9 Å². The fourth-order valence-electron chi connectivity index (χ4n) is 2.58. The summed E-state index contributed by atoms with van der Waals surface area (Å²) < 4.78 is 1.72. The molecule has 5 nitrogen and oxygen atoms in total. The van der Waals surface area contributed by atoms with Gasteiger partial charge in [-0.1, -0.05) is 17.3 Å². The second-order valence-corrected chi connectivity index (χ2v) is 6.02. The Bertz CT molecular complexity index is 914. The largest absolute Gasteiger partial charge is 0.378 e. The van der Waals surface area contributed by atoms with E-state index in [9.17, 15) is 5.26 Å². The molecule has 0 bridgehead atoms. The van der Waals surface area contributed by atoms with E-state index in [-0.39, 0.29) is 0 Å². The fraction of sp³-hybridized carbons (Fsp3) is 0.211. The molecule has 0 N–H and O–H groups in total. The van der Waals surface area contributed by atoms with Gasteiger partial charge in [-0.3, -0.25) is 0 Å². The number of nitrogens with zero attached hydrogens (tertiary/aromatic N) is 5. The zero-order valence-electron chi connectivity index (χ0n) is 14.3. The van der Waals surface area contributed by atoms with E-state index in [2.05, 4.69) is 42.4 Å². The molecule has 2 aromatic carbocycles. The molecule has 0 aliphatic rings. The predicted octanol–water partition coefficient (Wildman–Crippen LogP) is 3.49. The molecule has 0 saturated carbocycles. The molecule has 120 valence electrons. The van der Waals surface area contributed by atoms with Crippen LogP contribution in [0.2, 0.25) is 0 Å². The Morgan fingerprint density at radius 3 is 2.29 bits per heavy atom. The minimum absolute atomic E-state index is 0.329. The van der Waals surface area contributed by atoms with E-state index in [0.29, 0.717) is 5.69 Å². The van der Waals surface area contributed by atoms with Gasteiger partial charge in [0.1, 0.15) is 11.8 Å². The number of hydrogen-bond acceptors (Lipinski definition) is 4. The van der Waals surface area contributed by atoms with E-state index in [1.165, 1.54) is 11.1 Å². The third-order valence-corrected chi connectivity index (χ3v) is 4.17. The maximum Gasteiger partial charge on any atom is 0.191 e. The molecule has 0 amide bonds. The first kappa shape index (κ1) is 15.8. The van der Waals surface area contributed by atoms with Gasteiger partial charge in [-0.05, 0) is 55.3 Å². The van der Waals surface area contributed by atoms with Gasteiger partial charge in [-0.25, -0.2) is 4.68 Å². The van der Waals surface area contributed by atoms with Crippen molar-refractivity contribution in [2.24, 2.45) is 0 Å². The lowest BCUT2D eigenvalue weighted by Gasteiger charge is -2.13. The van der Waals surface area contributed by atoms with E-state index in [0.717, 1.165) is 22.6 Å². The van der Waals surface area contributed by atoms with Crippen LogP contribution in [0.4, 0.5) is 5.69 Å². The molecule has 3 aromatic rings. The average Bonchev–Trinajstić information content (AvgIpc) is 3.01. The lowest BCUT2D eigenvalue weighted by Crippen LogP contribution is -2.08. The van der Waals surface area contributed by atoms with Crippen molar-refractivity contribution in [3.05, 3.63) is 59.3 Å². The van der Waals surface area contributed by atoms with E-state index in [4.69, 9.17) is 0 Å². The van der Waals surface area contributed by atoms with Crippen LogP contribution in [0.15, 0.2) is 42.5 Å². The van der Waals surface area contributed by atoms with E-state index >= 15 is 0 Å². The molecule has 0 saturated heterocycles. The number of rotatable bonds is 3.